The van der Waals surface area contributed by atoms with E-state index in [-0.39, 0.29) is 0 Å². The molecule has 0 radical (unpaired) electrons. The lowest BCUT2D eigenvalue weighted by molar-refractivity contribution is 0.470. The molecule has 1 aromatic carbocycles. The summed E-state index contributed by atoms with van der Waals surface area (Å²) in [4.78, 5) is 0. The lowest BCUT2D eigenvalue weighted by atomic mass is 9.97. The predicted octanol–water partition coefficient (Wildman–Crippen LogP) is 3.21. The molecule has 0 aromatic heterocycles. The van der Waals surface area contributed by atoms with Crippen molar-refractivity contribution in [2.45, 2.75) is 19.8 Å². The van der Waals surface area contributed by atoms with E-state index in [0.717, 1.165) is 19.0 Å². The minimum Gasteiger partial charge on any atom is -0.317 e. The summed E-state index contributed by atoms with van der Waals surface area (Å²) in [7, 11) is 0. The van der Waals surface area contributed by atoms with Crippen molar-refractivity contribution in [1.82, 2.24) is 5.32 Å². The van der Waals surface area contributed by atoms with Crippen LogP contribution in [0.3, 0.4) is 0 Å². The zero-order chi connectivity index (χ0) is 11.6. The van der Waals surface area contributed by atoms with Gasteiger partial charge in [0.25, 0.3) is 0 Å². The van der Waals surface area contributed by atoms with Gasteiger partial charge in [0.15, 0.2) is 0 Å². The monoisotopic (exact) mass is 237 g/mol. The molecule has 0 heterocycles. The Kier molecular flexibility index (Phi) is 7.35. The second-order valence-corrected chi connectivity index (χ2v) is 5.13. The van der Waals surface area contributed by atoms with Gasteiger partial charge >= 0.3 is 0 Å². The fraction of sp³-hybridized carbons (Fsp3) is 0.571. The van der Waals surface area contributed by atoms with Crippen LogP contribution in [0.5, 0.6) is 0 Å². The van der Waals surface area contributed by atoms with Gasteiger partial charge in [-0.15, -0.1) is 0 Å². The zero-order valence-electron chi connectivity index (χ0n) is 10.4. The summed E-state index contributed by atoms with van der Waals surface area (Å²) in [5.41, 5.74) is 1.46. The first kappa shape index (κ1) is 13.6. The number of nitrogens with one attached hydrogen (secondary N) is 1. The first-order valence-corrected chi connectivity index (χ1v) is 7.49. The molecule has 0 aliphatic heterocycles. The van der Waals surface area contributed by atoms with Gasteiger partial charge in [-0.1, -0.05) is 37.3 Å². The van der Waals surface area contributed by atoms with E-state index >= 15 is 0 Å². The van der Waals surface area contributed by atoms with Gasteiger partial charge in [-0.3, -0.25) is 0 Å². The Balaban J connectivity index is 2.42. The Morgan fingerprint density at radius 1 is 1.25 bits per heavy atom. The fourth-order valence-electron chi connectivity index (χ4n) is 1.86. The number of benzene rings is 1. The van der Waals surface area contributed by atoms with E-state index in [0.29, 0.717) is 0 Å². The molecule has 0 saturated carbocycles. The van der Waals surface area contributed by atoms with Crippen LogP contribution >= 0.6 is 11.8 Å². The maximum atomic E-state index is 3.47. The number of hydrogen-bond acceptors (Lipinski definition) is 2. The molecule has 0 fully saturated rings. The van der Waals surface area contributed by atoms with Crippen molar-refractivity contribution in [2.75, 3.05) is 25.1 Å². The van der Waals surface area contributed by atoms with Crippen LogP contribution < -0.4 is 5.32 Å². The quantitative estimate of drug-likeness (QED) is 0.745. The van der Waals surface area contributed by atoms with Crippen molar-refractivity contribution in [3.63, 3.8) is 0 Å². The Morgan fingerprint density at radius 2 is 2.00 bits per heavy atom. The SMILES string of the molecule is CCNCC(CCSC)Cc1ccccc1. The Labute approximate surface area is 104 Å². The number of rotatable bonds is 8. The molecule has 0 amide bonds. The highest BCUT2D eigenvalue weighted by atomic mass is 32.2. The molecule has 1 atom stereocenters. The van der Waals surface area contributed by atoms with Crippen LogP contribution in [0.15, 0.2) is 30.3 Å². The van der Waals surface area contributed by atoms with Crippen LogP contribution in [0.2, 0.25) is 0 Å². The van der Waals surface area contributed by atoms with E-state index in [2.05, 4.69) is 48.8 Å². The predicted molar refractivity (Wildman–Crippen MR) is 75.2 cm³/mol. The topological polar surface area (TPSA) is 12.0 Å². The molecule has 90 valence electrons. The third-order valence-corrected chi connectivity index (χ3v) is 3.42. The molecule has 0 saturated heterocycles. The van der Waals surface area contributed by atoms with Crippen LogP contribution in [-0.4, -0.2) is 25.1 Å². The summed E-state index contributed by atoms with van der Waals surface area (Å²) in [5, 5.41) is 3.47. The molecule has 1 nitrogen and oxygen atoms in total. The zero-order valence-corrected chi connectivity index (χ0v) is 11.2. The van der Waals surface area contributed by atoms with Gasteiger partial charge in [-0.2, -0.15) is 11.8 Å². The molecule has 1 N–H and O–H groups in total. The third kappa shape index (κ3) is 5.57. The molecular weight excluding hydrogens is 214 g/mol. The summed E-state index contributed by atoms with van der Waals surface area (Å²) in [6.07, 6.45) is 4.70. The van der Waals surface area contributed by atoms with E-state index in [1.807, 2.05) is 11.8 Å². The summed E-state index contributed by atoms with van der Waals surface area (Å²) >= 11 is 1.95. The normalized spacial score (nSPS) is 12.6. The van der Waals surface area contributed by atoms with E-state index in [4.69, 9.17) is 0 Å². The smallest absolute Gasteiger partial charge is 0.00172 e. The lowest BCUT2D eigenvalue weighted by Gasteiger charge is -2.16. The maximum absolute atomic E-state index is 3.47. The van der Waals surface area contributed by atoms with Gasteiger partial charge in [-0.25, -0.2) is 0 Å². The van der Waals surface area contributed by atoms with Gasteiger partial charge in [0.1, 0.15) is 0 Å². The summed E-state index contributed by atoms with van der Waals surface area (Å²) < 4.78 is 0. The number of hydrogen-bond donors (Lipinski definition) is 1. The first-order valence-electron chi connectivity index (χ1n) is 6.10. The van der Waals surface area contributed by atoms with Crippen molar-refractivity contribution in [3.05, 3.63) is 35.9 Å². The molecule has 0 bridgehead atoms. The van der Waals surface area contributed by atoms with Crippen LogP contribution in [0, 0.1) is 5.92 Å². The Bertz CT molecular complexity index is 253. The van der Waals surface area contributed by atoms with E-state index < -0.39 is 0 Å². The average molecular weight is 237 g/mol. The van der Waals surface area contributed by atoms with Crippen LogP contribution in [0.4, 0.5) is 0 Å². The second kappa shape index (κ2) is 8.66. The minimum absolute atomic E-state index is 0.773. The van der Waals surface area contributed by atoms with Gasteiger partial charge in [0.2, 0.25) is 0 Å². The molecule has 16 heavy (non-hydrogen) atoms. The Hall–Kier alpha value is -0.470. The van der Waals surface area contributed by atoms with E-state index in [1.165, 1.54) is 24.2 Å². The van der Waals surface area contributed by atoms with Crippen molar-refractivity contribution in [3.8, 4) is 0 Å². The minimum atomic E-state index is 0.773. The molecule has 1 unspecified atom stereocenters. The summed E-state index contributed by atoms with van der Waals surface area (Å²) in [5.74, 6) is 2.04. The molecule has 0 aliphatic carbocycles. The van der Waals surface area contributed by atoms with Crippen molar-refractivity contribution >= 4 is 11.8 Å². The van der Waals surface area contributed by atoms with Crippen LogP contribution in [0.1, 0.15) is 18.9 Å². The lowest BCUT2D eigenvalue weighted by Crippen LogP contribution is -2.24. The Morgan fingerprint density at radius 3 is 2.62 bits per heavy atom. The van der Waals surface area contributed by atoms with E-state index in [9.17, 15) is 0 Å². The van der Waals surface area contributed by atoms with Crippen molar-refractivity contribution in [1.29, 1.82) is 0 Å². The molecule has 1 aromatic rings. The average Bonchev–Trinajstić information content (AvgIpc) is 2.34. The highest BCUT2D eigenvalue weighted by molar-refractivity contribution is 7.98. The standard InChI is InChI=1S/C14H23NS/c1-3-15-12-14(9-10-16-2)11-13-7-5-4-6-8-13/h4-8,14-15H,3,9-12H2,1-2H3. The molecule has 0 aliphatic rings. The number of thioether (sulfide) groups is 1. The molecule has 2 heteroatoms. The molecule has 1 rings (SSSR count). The summed E-state index contributed by atoms with van der Waals surface area (Å²) in [6.45, 7) is 4.39. The third-order valence-electron chi connectivity index (χ3n) is 2.78. The van der Waals surface area contributed by atoms with Gasteiger partial charge in [0, 0.05) is 0 Å². The second-order valence-electron chi connectivity index (χ2n) is 4.14. The van der Waals surface area contributed by atoms with Gasteiger partial charge in [0.05, 0.1) is 0 Å². The molecule has 0 spiro atoms. The van der Waals surface area contributed by atoms with Crippen molar-refractivity contribution < 1.29 is 0 Å². The highest BCUT2D eigenvalue weighted by Crippen LogP contribution is 2.14. The van der Waals surface area contributed by atoms with Gasteiger partial charge in [-0.05, 0) is 49.4 Å². The van der Waals surface area contributed by atoms with Crippen LogP contribution in [-0.2, 0) is 6.42 Å². The largest absolute Gasteiger partial charge is 0.317 e. The van der Waals surface area contributed by atoms with Gasteiger partial charge < -0.3 is 5.32 Å². The maximum Gasteiger partial charge on any atom is -0.00172 e. The first-order chi connectivity index (χ1) is 7.86. The van der Waals surface area contributed by atoms with E-state index in [1.54, 1.807) is 0 Å². The summed E-state index contributed by atoms with van der Waals surface area (Å²) in [6, 6.07) is 10.8. The molecular formula is C14H23NS. The fourth-order valence-corrected chi connectivity index (χ4v) is 2.43. The van der Waals surface area contributed by atoms with Crippen LogP contribution in [0.25, 0.3) is 0 Å². The highest BCUT2D eigenvalue weighted by Gasteiger charge is 2.08. The van der Waals surface area contributed by atoms with Crippen molar-refractivity contribution in [2.24, 2.45) is 5.92 Å².